The van der Waals surface area contributed by atoms with Crippen molar-refractivity contribution in [2.45, 2.75) is 19.7 Å². The molecule has 1 N–H and O–H groups in total. The predicted molar refractivity (Wildman–Crippen MR) is 57.6 cm³/mol. The van der Waals surface area contributed by atoms with Crippen molar-refractivity contribution in [1.29, 1.82) is 0 Å². The highest BCUT2D eigenvalue weighted by atomic mass is 19.4. The quantitative estimate of drug-likeness (QED) is 0.898. The average molecular weight is 257 g/mol. The van der Waals surface area contributed by atoms with Crippen LogP contribution in [0.1, 0.15) is 16.9 Å². The van der Waals surface area contributed by atoms with Crippen molar-refractivity contribution in [3.8, 4) is 11.5 Å². The first kappa shape index (κ1) is 12.6. The average Bonchev–Trinajstić information content (AvgIpc) is 2.69. The van der Waals surface area contributed by atoms with Gasteiger partial charge in [-0.1, -0.05) is 0 Å². The van der Waals surface area contributed by atoms with E-state index in [0.717, 1.165) is 12.3 Å². The lowest BCUT2D eigenvalue weighted by Crippen LogP contribution is -2.05. The maximum absolute atomic E-state index is 12.3. The minimum absolute atomic E-state index is 0.185. The molecular formula is C12H10F3NO2. The van der Waals surface area contributed by atoms with Crippen LogP contribution in [0.3, 0.4) is 0 Å². The molecule has 0 spiro atoms. The Morgan fingerprint density at radius 3 is 2.50 bits per heavy atom. The van der Waals surface area contributed by atoms with Gasteiger partial charge in [0.05, 0.1) is 12.2 Å². The highest BCUT2D eigenvalue weighted by molar-refractivity contribution is 5.54. The van der Waals surface area contributed by atoms with Crippen molar-refractivity contribution in [3.63, 3.8) is 0 Å². The largest absolute Gasteiger partial charge is 0.459 e. The lowest BCUT2D eigenvalue weighted by molar-refractivity contribution is -0.137. The van der Waals surface area contributed by atoms with Gasteiger partial charge in [-0.15, -0.1) is 0 Å². The number of aryl methyl sites for hydroxylation is 1. The number of hydrogen-bond donors (Lipinski definition) is 1. The van der Waals surface area contributed by atoms with Crippen LogP contribution >= 0.6 is 0 Å². The third kappa shape index (κ3) is 2.38. The topological polar surface area (TPSA) is 46.3 Å². The molecule has 96 valence electrons. The van der Waals surface area contributed by atoms with Crippen LogP contribution in [0.25, 0.3) is 11.5 Å². The molecule has 2 aromatic heterocycles. The van der Waals surface area contributed by atoms with Crippen molar-refractivity contribution < 1.29 is 22.7 Å². The van der Waals surface area contributed by atoms with E-state index in [-0.39, 0.29) is 6.61 Å². The first-order valence-electron chi connectivity index (χ1n) is 5.15. The van der Waals surface area contributed by atoms with Crippen LogP contribution in [0.15, 0.2) is 28.8 Å². The summed E-state index contributed by atoms with van der Waals surface area (Å²) in [6.45, 7) is 1.48. The molecule has 0 aliphatic heterocycles. The smallest absolute Gasteiger partial charge is 0.417 e. The summed E-state index contributed by atoms with van der Waals surface area (Å²) in [5.74, 6) is 0.861. The van der Waals surface area contributed by atoms with Crippen LogP contribution in [0.5, 0.6) is 0 Å². The maximum atomic E-state index is 12.3. The molecule has 0 atom stereocenters. The van der Waals surface area contributed by atoms with Gasteiger partial charge in [0, 0.05) is 11.8 Å². The molecule has 3 nitrogen and oxygen atoms in total. The highest BCUT2D eigenvalue weighted by Gasteiger charge is 2.30. The van der Waals surface area contributed by atoms with Crippen molar-refractivity contribution in [1.82, 2.24) is 4.98 Å². The fourth-order valence-corrected chi connectivity index (χ4v) is 1.51. The third-order valence-electron chi connectivity index (χ3n) is 2.53. The molecule has 0 radical (unpaired) electrons. The van der Waals surface area contributed by atoms with Gasteiger partial charge < -0.3 is 9.52 Å². The van der Waals surface area contributed by atoms with Gasteiger partial charge in [-0.3, -0.25) is 4.98 Å². The molecule has 0 bridgehead atoms. The van der Waals surface area contributed by atoms with E-state index in [2.05, 4.69) is 4.98 Å². The van der Waals surface area contributed by atoms with E-state index >= 15 is 0 Å². The number of hydrogen-bond acceptors (Lipinski definition) is 3. The molecular weight excluding hydrogens is 247 g/mol. The number of aliphatic hydroxyl groups is 1. The summed E-state index contributed by atoms with van der Waals surface area (Å²) in [5, 5.41) is 9.00. The van der Waals surface area contributed by atoms with E-state index in [4.69, 9.17) is 9.52 Å². The molecule has 0 fully saturated rings. The van der Waals surface area contributed by atoms with E-state index < -0.39 is 11.7 Å². The molecule has 2 heterocycles. The van der Waals surface area contributed by atoms with Gasteiger partial charge in [-0.2, -0.15) is 13.2 Å². The van der Waals surface area contributed by atoms with Gasteiger partial charge in [0.1, 0.15) is 11.5 Å². The van der Waals surface area contributed by atoms with Crippen molar-refractivity contribution >= 4 is 0 Å². The number of rotatable bonds is 2. The molecule has 0 saturated carbocycles. The molecule has 18 heavy (non-hydrogen) atoms. The minimum atomic E-state index is -4.40. The van der Waals surface area contributed by atoms with Crippen LogP contribution in [0.2, 0.25) is 0 Å². The molecule has 0 aliphatic rings. The Labute approximate surface area is 101 Å². The summed E-state index contributed by atoms with van der Waals surface area (Å²) < 4.78 is 42.4. The van der Waals surface area contributed by atoms with Gasteiger partial charge in [-0.05, 0) is 25.1 Å². The molecule has 0 aliphatic carbocycles. The highest BCUT2D eigenvalue weighted by Crippen LogP contribution is 2.30. The molecule has 0 aromatic carbocycles. The second-order valence-corrected chi connectivity index (χ2v) is 3.78. The van der Waals surface area contributed by atoms with Gasteiger partial charge >= 0.3 is 6.18 Å². The zero-order valence-electron chi connectivity index (χ0n) is 9.45. The van der Waals surface area contributed by atoms with Gasteiger partial charge in [0.25, 0.3) is 0 Å². The summed E-state index contributed by atoms with van der Waals surface area (Å²) in [4.78, 5) is 3.71. The standard InChI is InChI=1S/C12H10F3NO2/c1-7-8(6-17)4-11(18-7)10-3-2-9(5-16-10)12(13,14)15/h2-5,17H,6H2,1H3. The Morgan fingerprint density at radius 2 is 2.06 bits per heavy atom. The monoisotopic (exact) mass is 257 g/mol. The zero-order chi connectivity index (χ0) is 13.3. The Hall–Kier alpha value is -1.82. The third-order valence-corrected chi connectivity index (χ3v) is 2.53. The Kier molecular flexibility index (Phi) is 3.13. The molecule has 0 amide bonds. The van der Waals surface area contributed by atoms with E-state index in [1.807, 2.05) is 0 Å². The van der Waals surface area contributed by atoms with Crippen molar-refractivity contribution in [2.75, 3.05) is 0 Å². The number of aromatic nitrogens is 1. The summed E-state index contributed by atoms with van der Waals surface area (Å²) in [7, 11) is 0. The Balaban J connectivity index is 2.34. The molecule has 0 saturated heterocycles. The summed E-state index contributed by atoms with van der Waals surface area (Å²) in [5.41, 5.74) is 0.0782. The predicted octanol–water partition coefficient (Wildman–Crippen LogP) is 3.16. The summed E-state index contributed by atoms with van der Waals surface area (Å²) >= 11 is 0. The van der Waals surface area contributed by atoms with E-state index in [0.29, 0.717) is 22.8 Å². The van der Waals surface area contributed by atoms with Crippen molar-refractivity contribution in [3.05, 3.63) is 41.3 Å². The Bertz CT molecular complexity index is 543. The second kappa shape index (κ2) is 4.45. The minimum Gasteiger partial charge on any atom is -0.459 e. The summed E-state index contributed by atoms with van der Waals surface area (Å²) in [6.07, 6.45) is -3.65. The molecule has 2 aromatic rings. The fraction of sp³-hybridized carbons (Fsp3) is 0.250. The number of aliphatic hydroxyl groups excluding tert-OH is 1. The number of alkyl halides is 3. The van der Waals surface area contributed by atoms with E-state index in [9.17, 15) is 13.2 Å². The zero-order valence-corrected chi connectivity index (χ0v) is 9.45. The maximum Gasteiger partial charge on any atom is 0.417 e. The van der Waals surface area contributed by atoms with E-state index in [1.165, 1.54) is 6.07 Å². The van der Waals surface area contributed by atoms with E-state index in [1.54, 1.807) is 13.0 Å². The first-order valence-corrected chi connectivity index (χ1v) is 5.15. The van der Waals surface area contributed by atoms with Gasteiger partial charge in [0.2, 0.25) is 0 Å². The van der Waals surface area contributed by atoms with Crippen LogP contribution in [-0.2, 0) is 12.8 Å². The van der Waals surface area contributed by atoms with Gasteiger partial charge in [0.15, 0.2) is 5.76 Å². The lowest BCUT2D eigenvalue weighted by Gasteiger charge is -2.05. The van der Waals surface area contributed by atoms with Crippen LogP contribution in [0, 0.1) is 6.92 Å². The van der Waals surface area contributed by atoms with Crippen LogP contribution < -0.4 is 0 Å². The number of pyridine rings is 1. The normalized spacial score (nSPS) is 11.8. The molecule has 6 heteroatoms. The molecule has 0 unspecified atom stereocenters. The SMILES string of the molecule is Cc1oc(-c2ccc(C(F)(F)F)cn2)cc1CO. The first-order chi connectivity index (χ1) is 8.41. The van der Waals surface area contributed by atoms with Crippen molar-refractivity contribution in [2.24, 2.45) is 0 Å². The Morgan fingerprint density at radius 1 is 1.33 bits per heavy atom. The number of halogens is 3. The second-order valence-electron chi connectivity index (χ2n) is 3.78. The van der Waals surface area contributed by atoms with Crippen LogP contribution in [-0.4, -0.2) is 10.1 Å². The number of nitrogens with zero attached hydrogens (tertiary/aromatic N) is 1. The number of furan rings is 1. The molecule has 2 rings (SSSR count). The fourth-order valence-electron chi connectivity index (χ4n) is 1.51. The lowest BCUT2D eigenvalue weighted by atomic mass is 10.2. The van der Waals surface area contributed by atoms with Gasteiger partial charge in [-0.25, -0.2) is 0 Å². The van der Waals surface area contributed by atoms with Crippen LogP contribution in [0.4, 0.5) is 13.2 Å². The summed E-state index contributed by atoms with van der Waals surface area (Å²) in [6, 6.07) is 3.74.